The molecule has 4 aromatic heterocycles. The molecule has 3 aromatic carbocycles. The molecule has 1 saturated heterocycles. The van der Waals surface area contributed by atoms with Gasteiger partial charge >= 0.3 is 5.69 Å². The minimum atomic E-state index is -4.12. The van der Waals surface area contributed by atoms with Crippen molar-refractivity contribution in [1.82, 2.24) is 38.9 Å². The topological polar surface area (TPSA) is 212 Å². The number of carbonyl (C=O) groups excluding carboxylic acids is 4. The number of thiazole rings is 1. The van der Waals surface area contributed by atoms with Crippen LogP contribution in [0.1, 0.15) is 113 Å². The number of benzene rings is 3. The van der Waals surface area contributed by atoms with E-state index in [4.69, 9.17) is 10.1 Å². The van der Waals surface area contributed by atoms with E-state index in [9.17, 15) is 32.4 Å². The van der Waals surface area contributed by atoms with Crippen LogP contribution in [0.3, 0.4) is 0 Å². The van der Waals surface area contributed by atoms with Gasteiger partial charge in [-0.15, -0.1) is 0 Å². The summed E-state index contributed by atoms with van der Waals surface area (Å²) in [5.41, 5.74) is 6.98. The van der Waals surface area contributed by atoms with Crippen LogP contribution in [-0.4, -0.2) is 73.2 Å². The molecule has 1 atom stereocenters. The molecule has 0 spiro atoms. The van der Waals surface area contributed by atoms with Gasteiger partial charge in [-0.05, 0) is 111 Å². The lowest BCUT2D eigenvalue weighted by atomic mass is 9.89. The standard InChI is InChI=1S/C52H56N10O7S2/c1-32-38(29-53-61(32)30-33-13-5-3-6-14-33)36-22-24-44(60-27-26-34-16-11-18-37(39(34)31-60)48(64)57-51-54-40-19-8-9-21-43(40)70-51)55-46(36)50(66)58-71(68,69)28-10-4-7-15-35-17-12-20-41-47(35)59(2)52(67)62(41)42-23-25-45(63)56-49(42)65/h8-9,11-12,16-22,24,29,33,42H,3-7,10,13-15,23,25-28,30-31H2,1-2H3,(H,58,66)(H,54,57,64)(H,56,63,65). The first kappa shape index (κ1) is 47.7. The number of imide groups is 1. The molecule has 2 fully saturated rings. The number of fused-ring (bicyclic) bond motifs is 3. The quantitative estimate of drug-likeness (QED) is 0.0682. The molecular weight excluding hydrogens is 941 g/mol. The van der Waals surface area contributed by atoms with Crippen LogP contribution >= 0.6 is 11.3 Å². The Kier molecular flexibility index (Phi) is 13.4. The van der Waals surface area contributed by atoms with E-state index in [1.807, 2.05) is 77.2 Å². The van der Waals surface area contributed by atoms with Gasteiger partial charge in [0.25, 0.3) is 11.8 Å². The number of unbranched alkanes of at least 4 members (excludes halogenated alkanes) is 2. The fourth-order valence-electron chi connectivity index (χ4n) is 10.6. The summed E-state index contributed by atoms with van der Waals surface area (Å²) < 4.78 is 35.7. The molecule has 17 nitrogen and oxygen atoms in total. The Bertz CT molecular complexity index is 3370. The smallest absolute Gasteiger partial charge is 0.329 e. The molecule has 1 unspecified atom stereocenters. The van der Waals surface area contributed by atoms with E-state index in [1.54, 1.807) is 25.4 Å². The predicted octanol–water partition coefficient (Wildman–Crippen LogP) is 7.36. The van der Waals surface area contributed by atoms with E-state index < -0.39 is 27.9 Å². The minimum Gasteiger partial charge on any atom is -0.352 e. The van der Waals surface area contributed by atoms with Crippen LogP contribution < -0.4 is 25.9 Å². The molecule has 19 heteroatoms. The number of rotatable bonds is 15. The molecular formula is C52H56N10O7S2. The maximum absolute atomic E-state index is 14.4. The van der Waals surface area contributed by atoms with E-state index in [0.29, 0.717) is 83.4 Å². The molecule has 71 heavy (non-hydrogen) atoms. The minimum absolute atomic E-state index is 0.0398. The third-order valence-electron chi connectivity index (χ3n) is 14.3. The van der Waals surface area contributed by atoms with Gasteiger partial charge in [-0.1, -0.05) is 73.4 Å². The van der Waals surface area contributed by atoms with Crippen LogP contribution in [-0.2, 0) is 52.6 Å². The SMILES string of the molecule is Cc1c(-c2ccc(N3CCc4cccc(C(=O)Nc5nc6ccccc6s5)c4C3)nc2C(=O)NS(=O)(=O)CCCCCc2cccc3c2n(C)c(=O)n3C2CCC(=O)NC2=O)cnn1CC1CCCCC1. The van der Waals surface area contributed by atoms with Gasteiger partial charge in [-0.25, -0.2) is 27.9 Å². The van der Waals surface area contributed by atoms with Crippen molar-refractivity contribution >= 4 is 77.2 Å². The monoisotopic (exact) mass is 996 g/mol. The zero-order valence-corrected chi connectivity index (χ0v) is 41.4. The maximum atomic E-state index is 14.4. The maximum Gasteiger partial charge on any atom is 0.329 e. The number of sulfonamides is 1. The molecule has 6 heterocycles. The molecule has 7 aromatic rings. The number of imidazole rings is 1. The highest BCUT2D eigenvalue weighted by Gasteiger charge is 2.32. The summed E-state index contributed by atoms with van der Waals surface area (Å²) in [6.45, 7) is 3.61. The van der Waals surface area contributed by atoms with Crippen molar-refractivity contribution in [1.29, 1.82) is 0 Å². The van der Waals surface area contributed by atoms with Gasteiger partial charge < -0.3 is 4.90 Å². The summed E-state index contributed by atoms with van der Waals surface area (Å²) in [5, 5.41) is 10.6. The number of hydrogen-bond acceptors (Lipinski definition) is 12. The first-order valence-electron chi connectivity index (χ1n) is 24.5. The van der Waals surface area contributed by atoms with Crippen molar-refractivity contribution in [3.63, 3.8) is 0 Å². The summed E-state index contributed by atoms with van der Waals surface area (Å²) in [6, 6.07) is 21.8. The fraction of sp³-hybridized carbons (Fsp3) is 0.385. The number of hydrogen-bond donors (Lipinski definition) is 3. The van der Waals surface area contributed by atoms with Crippen LogP contribution in [0.2, 0.25) is 0 Å². The van der Waals surface area contributed by atoms with Gasteiger partial charge in [-0.3, -0.25) is 43.6 Å². The number of nitrogens with one attached hydrogen (secondary N) is 3. The van der Waals surface area contributed by atoms with Crippen LogP contribution in [0.5, 0.6) is 0 Å². The number of carbonyl (C=O) groups is 4. The van der Waals surface area contributed by atoms with E-state index in [2.05, 4.69) is 20.3 Å². The normalized spacial score (nSPS) is 16.6. The number of piperidine rings is 1. The van der Waals surface area contributed by atoms with Gasteiger partial charge in [0, 0.05) is 55.5 Å². The van der Waals surface area contributed by atoms with Crippen molar-refractivity contribution in [2.45, 2.75) is 103 Å². The third-order valence-corrected chi connectivity index (χ3v) is 16.6. The average Bonchev–Trinajstić information content (AvgIpc) is 4.02. The van der Waals surface area contributed by atoms with Gasteiger partial charge in [-0.2, -0.15) is 5.10 Å². The van der Waals surface area contributed by atoms with E-state index in [0.717, 1.165) is 52.0 Å². The Morgan fingerprint density at radius 3 is 2.49 bits per heavy atom. The second kappa shape index (κ2) is 20.0. The molecule has 3 aliphatic rings. The lowest BCUT2D eigenvalue weighted by Crippen LogP contribution is -2.44. The molecule has 1 aliphatic carbocycles. The largest absolute Gasteiger partial charge is 0.352 e. The van der Waals surface area contributed by atoms with Crippen molar-refractivity contribution in [2.75, 3.05) is 22.5 Å². The van der Waals surface area contributed by atoms with Crippen molar-refractivity contribution in [3.05, 3.63) is 123 Å². The summed E-state index contributed by atoms with van der Waals surface area (Å²) in [7, 11) is -2.47. The van der Waals surface area contributed by atoms with Crippen LogP contribution in [0.4, 0.5) is 10.9 Å². The zero-order chi connectivity index (χ0) is 49.4. The van der Waals surface area contributed by atoms with E-state index >= 15 is 0 Å². The van der Waals surface area contributed by atoms with Gasteiger partial charge in [0.1, 0.15) is 17.6 Å². The first-order valence-corrected chi connectivity index (χ1v) is 26.9. The molecule has 3 N–H and O–H groups in total. The lowest BCUT2D eigenvalue weighted by molar-refractivity contribution is -0.135. The summed E-state index contributed by atoms with van der Waals surface area (Å²) in [6.07, 6.45) is 10.6. The molecule has 4 amide bonds. The molecule has 0 radical (unpaired) electrons. The Morgan fingerprint density at radius 1 is 0.859 bits per heavy atom. The Balaban J connectivity index is 0.855. The summed E-state index contributed by atoms with van der Waals surface area (Å²) >= 11 is 1.41. The number of para-hydroxylation sites is 2. The van der Waals surface area contributed by atoms with Gasteiger partial charge in [0.2, 0.25) is 21.8 Å². The number of pyridine rings is 1. The number of aryl methyl sites for hydroxylation is 2. The number of nitrogens with zero attached hydrogens (tertiary/aromatic N) is 7. The highest BCUT2D eigenvalue weighted by Crippen LogP contribution is 2.34. The van der Waals surface area contributed by atoms with Crippen molar-refractivity contribution in [3.8, 4) is 11.1 Å². The Hall–Kier alpha value is -6.99. The Labute approximate surface area is 414 Å². The zero-order valence-electron chi connectivity index (χ0n) is 39.8. The van der Waals surface area contributed by atoms with Crippen molar-refractivity contribution < 1.29 is 27.6 Å². The second-order valence-electron chi connectivity index (χ2n) is 19.0. The molecule has 2 aliphatic heterocycles. The van der Waals surface area contributed by atoms with Crippen LogP contribution in [0, 0.1) is 12.8 Å². The first-order chi connectivity index (χ1) is 34.3. The van der Waals surface area contributed by atoms with E-state index in [1.165, 1.54) is 39.7 Å². The van der Waals surface area contributed by atoms with Crippen LogP contribution in [0.25, 0.3) is 32.4 Å². The lowest BCUT2D eigenvalue weighted by Gasteiger charge is -2.31. The summed E-state index contributed by atoms with van der Waals surface area (Å²) in [5.74, 6) is -1.31. The van der Waals surface area contributed by atoms with Gasteiger partial charge in [0.05, 0.1) is 33.2 Å². The third kappa shape index (κ3) is 9.89. The predicted molar refractivity (Wildman–Crippen MR) is 273 cm³/mol. The fourth-order valence-corrected chi connectivity index (χ4v) is 12.5. The molecule has 0 bridgehead atoms. The van der Waals surface area contributed by atoms with Crippen LogP contribution in [0.15, 0.2) is 83.8 Å². The number of anilines is 2. The molecule has 368 valence electrons. The highest BCUT2D eigenvalue weighted by molar-refractivity contribution is 7.90. The second-order valence-corrected chi connectivity index (χ2v) is 21.8. The van der Waals surface area contributed by atoms with E-state index in [-0.39, 0.29) is 48.2 Å². The number of aromatic nitrogens is 6. The van der Waals surface area contributed by atoms with Crippen molar-refractivity contribution in [2.24, 2.45) is 13.0 Å². The highest BCUT2D eigenvalue weighted by atomic mass is 32.2. The molecule has 10 rings (SSSR count). The van der Waals surface area contributed by atoms with Gasteiger partial charge in [0.15, 0.2) is 5.13 Å². The average molecular weight is 997 g/mol. The Morgan fingerprint density at radius 2 is 1.68 bits per heavy atom. The summed E-state index contributed by atoms with van der Waals surface area (Å²) in [4.78, 5) is 77.7. The molecule has 1 saturated carbocycles. The number of amides is 4.